The van der Waals surface area contributed by atoms with Gasteiger partial charge in [-0.15, -0.1) is 0 Å². The van der Waals surface area contributed by atoms with Crippen LogP contribution in [-0.2, 0) is 22.3 Å². The molecule has 3 heterocycles. The summed E-state index contributed by atoms with van der Waals surface area (Å²) in [6.45, 7) is 8.96. The summed E-state index contributed by atoms with van der Waals surface area (Å²) in [5.41, 5.74) is 0.0695. The molecule has 0 bridgehead atoms. The molecule has 1 fully saturated rings. The maximum absolute atomic E-state index is 13.6. The maximum Gasteiger partial charge on any atom is 0.416 e. The second kappa shape index (κ2) is 11.9. The van der Waals surface area contributed by atoms with E-state index in [-0.39, 0.29) is 35.2 Å². The molecule has 2 aromatic carbocycles. The lowest BCUT2D eigenvalue weighted by Gasteiger charge is -2.41. The molecule has 3 aromatic rings. The minimum atomic E-state index is -4.54. The van der Waals surface area contributed by atoms with E-state index in [0.717, 1.165) is 23.4 Å². The highest BCUT2D eigenvalue weighted by molar-refractivity contribution is 8.18. The Morgan fingerprint density at radius 1 is 1.16 bits per heavy atom. The van der Waals surface area contributed by atoms with Gasteiger partial charge in [0.15, 0.2) is 5.17 Å². The van der Waals surface area contributed by atoms with Gasteiger partial charge in [0.05, 0.1) is 34.8 Å². The molecule has 1 atom stereocenters. The molecule has 8 nitrogen and oxygen atoms in total. The van der Waals surface area contributed by atoms with Crippen LogP contribution in [0.3, 0.4) is 0 Å². The number of rotatable bonds is 4. The molecule has 0 N–H and O–H groups in total. The molecule has 0 aliphatic carbocycles. The molecule has 2 aliphatic rings. The minimum Gasteiger partial charge on any atom is -0.444 e. The zero-order chi connectivity index (χ0) is 31.1. The Labute approximate surface area is 256 Å². The summed E-state index contributed by atoms with van der Waals surface area (Å²) < 4.78 is 47.8. The number of amides is 2. The van der Waals surface area contributed by atoms with Crippen molar-refractivity contribution in [2.45, 2.75) is 58.5 Å². The summed E-state index contributed by atoms with van der Waals surface area (Å²) in [5.74, 6) is -0.346. The summed E-state index contributed by atoms with van der Waals surface area (Å²) in [6, 6.07) is 9.02. The summed E-state index contributed by atoms with van der Waals surface area (Å²) in [4.78, 5) is 34.0. The Bertz CT molecular complexity index is 1630. The van der Waals surface area contributed by atoms with E-state index in [9.17, 15) is 22.8 Å². The fourth-order valence-electron chi connectivity index (χ4n) is 5.06. The van der Waals surface area contributed by atoms with Gasteiger partial charge in [-0.1, -0.05) is 30.7 Å². The zero-order valence-corrected chi connectivity index (χ0v) is 25.7. The summed E-state index contributed by atoms with van der Waals surface area (Å²) >= 11 is 7.10. The van der Waals surface area contributed by atoms with Crippen LogP contribution in [0.25, 0.3) is 17.0 Å². The number of alkyl halides is 3. The second-order valence-corrected chi connectivity index (χ2v) is 12.9. The summed E-state index contributed by atoms with van der Waals surface area (Å²) in [7, 11) is 0. The summed E-state index contributed by atoms with van der Waals surface area (Å²) in [6.07, 6.45) is -0.827. The number of carbonyl (C=O) groups is 2. The van der Waals surface area contributed by atoms with Crippen LogP contribution in [0, 0.1) is 0 Å². The molecule has 1 saturated heterocycles. The average molecular weight is 634 g/mol. The highest BCUT2D eigenvalue weighted by Gasteiger charge is 2.36. The van der Waals surface area contributed by atoms with Crippen LogP contribution < -0.4 is 0 Å². The topological polar surface area (TPSA) is 80.0 Å². The number of ether oxygens (including phenoxy) is 1. The Morgan fingerprint density at radius 3 is 2.63 bits per heavy atom. The lowest BCUT2D eigenvalue weighted by atomic mass is 10.1. The molecule has 228 valence electrons. The van der Waals surface area contributed by atoms with Gasteiger partial charge in [-0.3, -0.25) is 9.48 Å². The van der Waals surface area contributed by atoms with Gasteiger partial charge in [-0.2, -0.15) is 23.3 Å². The quantitative estimate of drug-likeness (QED) is 0.286. The van der Waals surface area contributed by atoms with Crippen LogP contribution in [0.2, 0.25) is 5.02 Å². The summed E-state index contributed by atoms with van der Waals surface area (Å²) in [5, 5.41) is 5.63. The molecule has 2 aliphatic heterocycles. The SMILES string of the molecule is CCC1CN(C2=NC(=O)C(=Cc3ccc4c(cnn4Cc4ccc(Cl)cc4C(F)(F)F)c3)S2)CCN1C(=O)OC(C)(C)C. The number of carbonyl (C=O) groups excluding carboxylic acids is 2. The molecule has 13 heteroatoms. The number of amidine groups is 1. The van der Waals surface area contributed by atoms with Gasteiger partial charge >= 0.3 is 12.3 Å². The number of aromatic nitrogens is 2. The Morgan fingerprint density at radius 2 is 1.93 bits per heavy atom. The van der Waals surface area contributed by atoms with Gasteiger partial charge < -0.3 is 14.5 Å². The number of halogens is 4. The number of nitrogens with zero attached hydrogens (tertiary/aromatic N) is 5. The van der Waals surface area contributed by atoms with E-state index in [1.54, 1.807) is 29.3 Å². The lowest BCUT2D eigenvalue weighted by molar-refractivity contribution is -0.138. The highest BCUT2D eigenvalue weighted by atomic mass is 35.5. The van der Waals surface area contributed by atoms with E-state index in [1.807, 2.05) is 38.7 Å². The third-order valence-corrected chi connectivity index (χ3v) is 8.40. The van der Waals surface area contributed by atoms with E-state index in [2.05, 4.69) is 10.1 Å². The number of benzene rings is 2. The first-order chi connectivity index (χ1) is 20.2. The van der Waals surface area contributed by atoms with Crippen molar-refractivity contribution in [3.8, 4) is 0 Å². The standard InChI is InChI=1S/C30H31ClF3N5O3S/c1-5-22-17-37(10-11-38(22)28(41)42-29(2,3)4)27-36-26(40)25(43-27)13-18-6-9-24-20(12-18)15-35-39(24)16-19-7-8-21(31)14-23(19)30(32,33)34/h6-9,12-15,22H,5,10-11,16-17H2,1-4H3. The number of hydrogen-bond donors (Lipinski definition) is 0. The van der Waals surface area contributed by atoms with Crippen LogP contribution in [-0.4, -0.2) is 68.0 Å². The number of aliphatic imine (C=N–C) groups is 1. The fourth-order valence-corrected chi connectivity index (χ4v) is 6.18. The van der Waals surface area contributed by atoms with Crippen molar-refractivity contribution in [1.82, 2.24) is 19.6 Å². The molecular weight excluding hydrogens is 603 g/mol. The number of piperazine rings is 1. The first-order valence-electron chi connectivity index (χ1n) is 13.8. The van der Waals surface area contributed by atoms with Crippen molar-refractivity contribution in [3.63, 3.8) is 0 Å². The van der Waals surface area contributed by atoms with Crippen molar-refractivity contribution in [3.05, 3.63) is 69.2 Å². The predicted octanol–water partition coefficient (Wildman–Crippen LogP) is 7.06. The first-order valence-corrected chi connectivity index (χ1v) is 15.0. The number of fused-ring (bicyclic) bond motifs is 1. The molecule has 2 amide bonds. The molecule has 0 saturated carbocycles. The Kier molecular flexibility index (Phi) is 8.54. The van der Waals surface area contributed by atoms with Crippen molar-refractivity contribution in [1.29, 1.82) is 0 Å². The minimum absolute atomic E-state index is 0.0128. The van der Waals surface area contributed by atoms with Crippen molar-refractivity contribution in [2.24, 2.45) is 4.99 Å². The highest BCUT2D eigenvalue weighted by Crippen LogP contribution is 2.35. The van der Waals surface area contributed by atoms with Crippen molar-refractivity contribution < 1.29 is 27.5 Å². The van der Waals surface area contributed by atoms with Crippen LogP contribution in [0.15, 0.2) is 52.5 Å². The lowest BCUT2D eigenvalue weighted by Crippen LogP contribution is -2.56. The molecule has 0 spiro atoms. The molecule has 1 unspecified atom stereocenters. The van der Waals surface area contributed by atoms with E-state index < -0.39 is 17.3 Å². The van der Waals surface area contributed by atoms with Gasteiger partial charge in [0.1, 0.15) is 5.60 Å². The molecular formula is C30H31ClF3N5O3S. The molecule has 1 aromatic heterocycles. The number of hydrogen-bond acceptors (Lipinski definition) is 6. The Hall–Kier alpha value is -3.51. The van der Waals surface area contributed by atoms with Gasteiger partial charge in [0.2, 0.25) is 0 Å². The largest absolute Gasteiger partial charge is 0.444 e. The van der Waals surface area contributed by atoms with E-state index in [1.165, 1.54) is 28.6 Å². The van der Waals surface area contributed by atoms with E-state index in [4.69, 9.17) is 16.3 Å². The van der Waals surface area contributed by atoms with Gasteiger partial charge in [-0.25, -0.2) is 4.79 Å². The van der Waals surface area contributed by atoms with Crippen LogP contribution >= 0.6 is 23.4 Å². The van der Waals surface area contributed by atoms with Crippen molar-refractivity contribution in [2.75, 3.05) is 19.6 Å². The monoisotopic (exact) mass is 633 g/mol. The molecule has 5 rings (SSSR count). The number of thioether (sulfide) groups is 1. The Balaban J connectivity index is 1.28. The van der Waals surface area contributed by atoms with Crippen LogP contribution in [0.5, 0.6) is 0 Å². The van der Waals surface area contributed by atoms with Gasteiger partial charge in [0, 0.05) is 30.0 Å². The first kappa shape index (κ1) is 30.9. The molecule has 43 heavy (non-hydrogen) atoms. The second-order valence-electron chi connectivity index (χ2n) is 11.4. The average Bonchev–Trinajstić information content (AvgIpc) is 3.50. The van der Waals surface area contributed by atoms with Crippen LogP contribution in [0.1, 0.15) is 50.8 Å². The van der Waals surface area contributed by atoms with E-state index in [0.29, 0.717) is 35.2 Å². The van der Waals surface area contributed by atoms with Gasteiger partial charge in [0.25, 0.3) is 5.91 Å². The zero-order valence-electron chi connectivity index (χ0n) is 24.1. The third kappa shape index (κ3) is 7.01. The van der Waals surface area contributed by atoms with Crippen LogP contribution in [0.4, 0.5) is 18.0 Å². The third-order valence-electron chi connectivity index (χ3n) is 7.12. The van der Waals surface area contributed by atoms with Gasteiger partial charge in [-0.05, 0) is 80.4 Å². The maximum atomic E-state index is 13.6. The van der Waals surface area contributed by atoms with E-state index >= 15 is 0 Å². The normalized spacial score (nSPS) is 19.0. The fraction of sp³-hybridized carbons (Fsp3) is 0.400. The molecule has 0 radical (unpaired) electrons. The van der Waals surface area contributed by atoms with Crippen molar-refractivity contribution >= 4 is 57.5 Å². The smallest absolute Gasteiger partial charge is 0.416 e. The predicted molar refractivity (Wildman–Crippen MR) is 162 cm³/mol.